The number of carbonyl (C=O) groups is 1. The molecule has 4 rings (SSSR count). The minimum atomic E-state index is -0.150. The Morgan fingerprint density at radius 3 is 2.69 bits per heavy atom. The van der Waals surface area contributed by atoms with Gasteiger partial charge in [-0.25, -0.2) is 5.84 Å². The Morgan fingerprint density at radius 1 is 1.19 bits per heavy atom. The van der Waals surface area contributed by atoms with Crippen LogP contribution in [0.5, 0.6) is 0 Å². The van der Waals surface area contributed by atoms with Gasteiger partial charge in [0, 0.05) is 22.4 Å². The number of rotatable bonds is 3. The number of Topliss-reactive ketones (excluding diaryl/α,β-unsaturated/α-hetero) is 1. The maximum absolute atomic E-state index is 12.6. The maximum Gasteiger partial charge on any atom is 0.192 e. The number of ketones is 1. The fourth-order valence-electron chi connectivity index (χ4n) is 3.15. The highest BCUT2D eigenvalue weighted by atomic mass is 79.9. The van der Waals surface area contributed by atoms with Gasteiger partial charge in [0.15, 0.2) is 5.78 Å². The topological polar surface area (TPSA) is 99.4 Å². The number of carbonyl (C=O) groups excluding carboxylic acids is 1. The number of nitrogens with zero attached hydrogens (tertiary/aromatic N) is 3. The summed E-state index contributed by atoms with van der Waals surface area (Å²) in [5.74, 6) is 12.7. The van der Waals surface area contributed by atoms with Crippen molar-refractivity contribution in [1.82, 2.24) is 9.66 Å². The van der Waals surface area contributed by atoms with Crippen LogP contribution in [0.2, 0.25) is 0 Å². The second-order valence-electron chi connectivity index (χ2n) is 5.87. The second kappa shape index (κ2) is 6.56. The zero-order chi connectivity index (χ0) is 18.3. The molecule has 26 heavy (non-hydrogen) atoms. The zero-order valence-electron chi connectivity index (χ0n) is 13.7. The summed E-state index contributed by atoms with van der Waals surface area (Å²) in [5, 5.41) is 1.49. The molecule has 3 heterocycles. The summed E-state index contributed by atoms with van der Waals surface area (Å²) in [6, 6.07) is 11.2. The molecule has 3 aromatic rings. The van der Waals surface area contributed by atoms with Gasteiger partial charge >= 0.3 is 0 Å². The van der Waals surface area contributed by atoms with E-state index < -0.39 is 0 Å². The number of hydrogen-bond donors (Lipinski definition) is 2. The summed E-state index contributed by atoms with van der Waals surface area (Å²) >= 11 is 3.51. The number of benzene rings is 1. The van der Waals surface area contributed by atoms with Crippen molar-refractivity contribution in [3.8, 4) is 11.3 Å². The molecule has 0 fully saturated rings. The van der Waals surface area contributed by atoms with Crippen LogP contribution in [0.25, 0.3) is 11.3 Å². The highest BCUT2D eigenvalue weighted by molar-refractivity contribution is 9.10. The van der Waals surface area contributed by atoms with Crippen LogP contribution in [-0.4, -0.2) is 22.1 Å². The normalized spacial score (nSPS) is 13.5. The van der Waals surface area contributed by atoms with E-state index in [1.807, 2.05) is 36.4 Å². The Balaban J connectivity index is 2.02. The molecule has 2 aromatic heterocycles. The Kier molecular flexibility index (Phi) is 4.23. The minimum Gasteiger partial charge on any atom is -0.367 e. The molecule has 0 spiro atoms. The van der Waals surface area contributed by atoms with Gasteiger partial charge < -0.3 is 10.6 Å². The SMILES string of the molecule is NN(c1ccccc1)c1c2c(n(N)c1-c1ccncc1Br)COCC2=O. The Labute approximate surface area is 158 Å². The van der Waals surface area contributed by atoms with Crippen molar-refractivity contribution >= 4 is 33.1 Å². The fourth-order valence-corrected chi connectivity index (χ4v) is 3.59. The lowest BCUT2D eigenvalue weighted by Gasteiger charge is -2.22. The zero-order valence-corrected chi connectivity index (χ0v) is 15.3. The van der Waals surface area contributed by atoms with E-state index in [2.05, 4.69) is 20.9 Å². The summed E-state index contributed by atoms with van der Waals surface area (Å²) in [7, 11) is 0. The average Bonchev–Trinajstić information content (AvgIpc) is 2.96. The molecule has 1 aliphatic heterocycles. The lowest BCUT2D eigenvalue weighted by Crippen LogP contribution is -2.28. The molecule has 0 aliphatic carbocycles. The van der Waals surface area contributed by atoms with E-state index in [4.69, 9.17) is 16.4 Å². The van der Waals surface area contributed by atoms with Gasteiger partial charge in [-0.15, -0.1) is 0 Å². The third kappa shape index (κ3) is 2.59. The molecule has 1 aromatic carbocycles. The number of ether oxygens (including phenoxy) is 1. The Bertz CT molecular complexity index is 987. The first-order valence-electron chi connectivity index (χ1n) is 7.93. The van der Waals surface area contributed by atoms with E-state index in [1.165, 1.54) is 9.69 Å². The first kappa shape index (κ1) is 16.8. The molecule has 1 aliphatic rings. The van der Waals surface area contributed by atoms with Crippen molar-refractivity contribution < 1.29 is 9.53 Å². The summed E-state index contributed by atoms with van der Waals surface area (Å²) in [6.07, 6.45) is 3.34. The molecule has 7 nitrogen and oxygen atoms in total. The number of hydrogen-bond acceptors (Lipinski definition) is 6. The van der Waals surface area contributed by atoms with Crippen molar-refractivity contribution in [2.75, 3.05) is 17.5 Å². The number of halogens is 1. The van der Waals surface area contributed by atoms with Crippen LogP contribution in [0.3, 0.4) is 0 Å². The smallest absolute Gasteiger partial charge is 0.192 e. The first-order chi connectivity index (χ1) is 12.6. The molecule has 0 atom stereocenters. The molecule has 0 saturated heterocycles. The molecule has 0 unspecified atom stereocenters. The van der Waals surface area contributed by atoms with Crippen LogP contribution in [-0.2, 0) is 11.3 Å². The highest BCUT2D eigenvalue weighted by Gasteiger charge is 2.33. The third-order valence-corrected chi connectivity index (χ3v) is 4.97. The quantitative estimate of drug-likeness (QED) is 0.505. The van der Waals surface area contributed by atoms with Crippen LogP contribution in [0.1, 0.15) is 16.1 Å². The van der Waals surface area contributed by atoms with Gasteiger partial charge in [-0.05, 0) is 34.1 Å². The monoisotopic (exact) mass is 413 g/mol. The van der Waals surface area contributed by atoms with Gasteiger partial charge in [0.2, 0.25) is 0 Å². The van der Waals surface area contributed by atoms with Crippen molar-refractivity contribution in [2.24, 2.45) is 5.84 Å². The summed E-state index contributed by atoms with van der Waals surface area (Å²) in [4.78, 5) is 16.7. The molecule has 0 radical (unpaired) electrons. The molecular formula is C18H16BrN5O2. The predicted molar refractivity (Wildman–Crippen MR) is 102 cm³/mol. The van der Waals surface area contributed by atoms with Crippen molar-refractivity contribution in [3.05, 3.63) is 64.5 Å². The number of anilines is 2. The number of para-hydroxylation sites is 1. The average molecular weight is 414 g/mol. The lowest BCUT2D eigenvalue weighted by atomic mass is 10.0. The summed E-state index contributed by atoms with van der Waals surface area (Å²) < 4.78 is 7.60. The standard InChI is InChI=1S/C18H16BrN5O2/c19-13-8-22-7-6-12(13)17-18(23(20)11-4-2-1-3-5-11)16-14(24(17)21)9-26-10-15(16)25/h1-8H,9-10,20-21H2. The fraction of sp³-hybridized carbons (Fsp3) is 0.111. The van der Waals surface area contributed by atoms with Crippen molar-refractivity contribution in [3.63, 3.8) is 0 Å². The van der Waals surface area contributed by atoms with Gasteiger partial charge in [-0.3, -0.25) is 19.5 Å². The van der Waals surface area contributed by atoms with Gasteiger partial charge in [-0.2, -0.15) is 0 Å². The van der Waals surface area contributed by atoms with E-state index in [0.29, 0.717) is 22.6 Å². The Morgan fingerprint density at radius 2 is 1.96 bits per heavy atom. The molecular weight excluding hydrogens is 398 g/mol. The van der Waals surface area contributed by atoms with Crippen molar-refractivity contribution in [2.45, 2.75) is 6.61 Å². The highest BCUT2D eigenvalue weighted by Crippen LogP contribution is 2.42. The minimum absolute atomic E-state index is 0.00357. The van der Waals surface area contributed by atoms with Crippen molar-refractivity contribution in [1.29, 1.82) is 0 Å². The van der Waals surface area contributed by atoms with E-state index in [0.717, 1.165) is 15.7 Å². The van der Waals surface area contributed by atoms with E-state index in [-0.39, 0.29) is 19.0 Å². The van der Waals surface area contributed by atoms with Crippen LogP contribution < -0.4 is 16.7 Å². The molecule has 0 saturated carbocycles. The van der Waals surface area contributed by atoms with Crippen LogP contribution in [0.4, 0.5) is 11.4 Å². The van der Waals surface area contributed by atoms with Crippen LogP contribution in [0, 0.1) is 0 Å². The summed E-state index contributed by atoms with van der Waals surface area (Å²) in [5.41, 5.74) is 3.78. The first-order valence-corrected chi connectivity index (χ1v) is 8.72. The van der Waals surface area contributed by atoms with Crippen LogP contribution in [0.15, 0.2) is 53.3 Å². The third-order valence-electron chi connectivity index (χ3n) is 4.33. The van der Waals surface area contributed by atoms with Crippen LogP contribution >= 0.6 is 15.9 Å². The lowest BCUT2D eigenvalue weighted by molar-refractivity contribution is 0.0653. The Hall–Kier alpha value is -2.68. The molecule has 0 amide bonds. The number of nitrogen functional groups attached to an aromatic ring is 1. The number of nitrogens with two attached hydrogens (primary N) is 2. The van der Waals surface area contributed by atoms with E-state index in [1.54, 1.807) is 12.4 Å². The number of pyridine rings is 1. The van der Waals surface area contributed by atoms with E-state index >= 15 is 0 Å². The molecule has 8 heteroatoms. The number of aromatic nitrogens is 2. The van der Waals surface area contributed by atoms with Gasteiger partial charge in [-0.1, -0.05) is 18.2 Å². The second-order valence-corrected chi connectivity index (χ2v) is 6.72. The molecule has 4 N–H and O–H groups in total. The predicted octanol–water partition coefficient (Wildman–Crippen LogP) is 2.75. The van der Waals surface area contributed by atoms with Gasteiger partial charge in [0.05, 0.1) is 34.9 Å². The van der Waals surface area contributed by atoms with Gasteiger partial charge in [0.25, 0.3) is 0 Å². The number of hydrazine groups is 1. The maximum atomic E-state index is 12.6. The summed E-state index contributed by atoms with van der Waals surface area (Å²) in [6.45, 7) is 0.250. The van der Waals surface area contributed by atoms with Gasteiger partial charge in [0.1, 0.15) is 6.61 Å². The molecule has 132 valence electrons. The number of fused-ring (bicyclic) bond motifs is 1. The van der Waals surface area contributed by atoms with E-state index in [9.17, 15) is 4.79 Å². The molecule has 0 bridgehead atoms. The largest absolute Gasteiger partial charge is 0.367 e.